The number of nitrogens with one attached hydrogen (secondary N) is 1. The van der Waals surface area contributed by atoms with Crippen LogP contribution in [0.2, 0.25) is 0 Å². The first-order valence-electron chi connectivity index (χ1n) is 8.15. The van der Waals surface area contributed by atoms with Crippen molar-refractivity contribution in [1.29, 1.82) is 0 Å². The van der Waals surface area contributed by atoms with E-state index in [0.717, 1.165) is 43.4 Å². The second-order valence-electron chi connectivity index (χ2n) is 5.66. The van der Waals surface area contributed by atoms with Gasteiger partial charge in [0.2, 0.25) is 0 Å². The van der Waals surface area contributed by atoms with Crippen molar-refractivity contribution in [2.75, 3.05) is 50.6 Å². The minimum atomic E-state index is 0.698. The Labute approximate surface area is 153 Å². The van der Waals surface area contributed by atoms with E-state index in [4.69, 9.17) is 21.7 Å². The van der Waals surface area contributed by atoms with Crippen LogP contribution in [0.1, 0.15) is 0 Å². The smallest absolute Gasteiger partial charge is 0.173 e. The van der Waals surface area contributed by atoms with Gasteiger partial charge in [0.1, 0.15) is 17.3 Å². The van der Waals surface area contributed by atoms with Gasteiger partial charge in [-0.1, -0.05) is 6.07 Å². The van der Waals surface area contributed by atoms with Crippen molar-refractivity contribution in [2.24, 2.45) is 0 Å². The molecule has 1 aliphatic rings. The summed E-state index contributed by atoms with van der Waals surface area (Å²) in [5.41, 5.74) is 0.834. The van der Waals surface area contributed by atoms with E-state index in [1.807, 2.05) is 42.6 Å². The Balaban J connectivity index is 1.60. The lowest BCUT2D eigenvalue weighted by Crippen LogP contribution is -2.50. The van der Waals surface area contributed by atoms with Crippen LogP contribution in [0.3, 0.4) is 0 Å². The molecule has 0 aliphatic carbocycles. The number of pyridine rings is 1. The summed E-state index contributed by atoms with van der Waals surface area (Å²) in [6.45, 7) is 3.47. The summed E-state index contributed by atoms with van der Waals surface area (Å²) < 4.78 is 10.6. The van der Waals surface area contributed by atoms with Gasteiger partial charge in [0.25, 0.3) is 0 Å². The standard InChI is InChI=1S/C18H22N4O2S/c1-23-14-6-7-15(16(13-14)24-2)20-18(25)22-11-9-21(10-12-22)17-5-3-4-8-19-17/h3-8,13H,9-12H2,1-2H3,(H,20,25). The third kappa shape index (κ3) is 4.11. The number of anilines is 2. The van der Waals surface area contributed by atoms with Crippen molar-refractivity contribution in [3.05, 3.63) is 42.6 Å². The summed E-state index contributed by atoms with van der Waals surface area (Å²) >= 11 is 5.57. The van der Waals surface area contributed by atoms with Crippen LogP contribution >= 0.6 is 12.2 Å². The van der Waals surface area contributed by atoms with Crippen LogP contribution in [-0.2, 0) is 0 Å². The lowest BCUT2D eigenvalue weighted by atomic mass is 10.2. The Morgan fingerprint density at radius 1 is 1.08 bits per heavy atom. The Morgan fingerprint density at radius 2 is 1.88 bits per heavy atom. The maximum Gasteiger partial charge on any atom is 0.173 e. The molecule has 2 aromatic rings. The molecule has 0 bridgehead atoms. The third-order valence-electron chi connectivity index (χ3n) is 4.19. The van der Waals surface area contributed by atoms with Gasteiger partial charge in [0.15, 0.2) is 5.11 Å². The first kappa shape index (κ1) is 17.3. The van der Waals surface area contributed by atoms with Gasteiger partial charge in [-0.25, -0.2) is 4.98 Å². The molecule has 6 nitrogen and oxygen atoms in total. The SMILES string of the molecule is COc1ccc(NC(=S)N2CCN(c3ccccn3)CC2)c(OC)c1. The van der Waals surface area contributed by atoms with E-state index in [1.165, 1.54) is 0 Å². The monoisotopic (exact) mass is 358 g/mol. The summed E-state index contributed by atoms with van der Waals surface area (Å²) in [6, 6.07) is 11.6. The molecule has 2 heterocycles. The molecule has 1 saturated heterocycles. The zero-order chi connectivity index (χ0) is 17.6. The highest BCUT2D eigenvalue weighted by Crippen LogP contribution is 2.29. The van der Waals surface area contributed by atoms with Crippen LogP contribution < -0.4 is 19.7 Å². The van der Waals surface area contributed by atoms with Gasteiger partial charge in [-0.05, 0) is 36.5 Å². The third-order valence-corrected chi connectivity index (χ3v) is 4.55. The molecule has 1 aromatic carbocycles. The molecule has 1 fully saturated rings. The number of ether oxygens (including phenoxy) is 2. The average molecular weight is 358 g/mol. The number of methoxy groups -OCH3 is 2. The average Bonchev–Trinajstić information content (AvgIpc) is 2.69. The Bertz CT molecular complexity index is 718. The predicted molar refractivity (Wildman–Crippen MR) is 104 cm³/mol. The van der Waals surface area contributed by atoms with Crippen LogP contribution in [0.5, 0.6) is 11.5 Å². The number of rotatable bonds is 4. The number of hydrogen-bond donors (Lipinski definition) is 1. The Kier molecular flexibility index (Phi) is 5.55. The summed E-state index contributed by atoms with van der Waals surface area (Å²) in [5.74, 6) is 2.46. The highest BCUT2D eigenvalue weighted by molar-refractivity contribution is 7.80. The second-order valence-corrected chi connectivity index (χ2v) is 6.05. The first-order valence-corrected chi connectivity index (χ1v) is 8.56. The molecule has 0 radical (unpaired) electrons. The minimum Gasteiger partial charge on any atom is -0.497 e. The molecule has 132 valence electrons. The molecule has 1 aromatic heterocycles. The molecule has 7 heteroatoms. The zero-order valence-electron chi connectivity index (χ0n) is 14.4. The van der Waals surface area contributed by atoms with Crippen molar-refractivity contribution in [2.45, 2.75) is 0 Å². The fourth-order valence-electron chi connectivity index (χ4n) is 2.78. The topological polar surface area (TPSA) is 49.9 Å². The molecule has 0 unspecified atom stereocenters. The quantitative estimate of drug-likeness (QED) is 0.843. The summed E-state index contributed by atoms with van der Waals surface area (Å²) in [4.78, 5) is 8.85. The Hall–Kier alpha value is -2.54. The molecule has 0 atom stereocenters. The van der Waals surface area contributed by atoms with E-state index in [9.17, 15) is 0 Å². The van der Waals surface area contributed by atoms with E-state index < -0.39 is 0 Å². The maximum atomic E-state index is 5.57. The van der Waals surface area contributed by atoms with Gasteiger partial charge in [-0.15, -0.1) is 0 Å². The predicted octanol–water partition coefficient (Wildman–Crippen LogP) is 2.62. The molecular weight excluding hydrogens is 336 g/mol. The molecule has 0 amide bonds. The molecular formula is C18H22N4O2S. The number of piperazine rings is 1. The Morgan fingerprint density at radius 3 is 2.52 bits per heavy atom. The van der Waals surface area contributed by atoms with Crippen LogP contribution in [0.25, 0.3) is 0 Å². The molecule has 0 spiro atoms. The van der Waals surface area contributed by atoms with E-state index in [-0.39, 0.29) is 0 Å². The zero-order valence-corrected chi connectivity index (χ0v) is 15.3. The van der Waals surface area contributed by atoms with Crippen molar-refractivity contribution in [3.63, 3.8) is 0 Å². The van der Waals surface area contributed by atoms with Gasteiger partial charge in [-0.2, -0.15) is 0 Å². The van der Waals surface area contributed by atoms with Crippen LogP contribution in [0.4, 0.5) is 11.5 Å². The minimum absolute atomic E-state index is 0.698. The largest absolute Gasteiger partial charge is 0.497 e. The lowest BCUT2D eigenvalue weighted by molar-refractivity contribution is 0.387. The number of hydrogen-bond acceptors (Lipinski definition) is 5. The normalized spacial score (nSPS) is 14.2. The number of nitrogens with zero attached hydrogens (tertiary/aromatic N) is 3. The molecule has 0 saturated carbocycles. The van der Waals surface area contributed by atoms with Gasteiger partial charge in [0, 0.05) is 38.4 Å². The van der Waals surface area contributed by atoms with Crippen molar-refractivity contribution in [3.8, 4) is 11.5 Å². The highest BCUT2D eigenvalue weighted by Gasteiger charge is 2.20. The molecule has 1 aliphatic heterocycles. The van der Waals surface area contributed by atoms with Crippen LogP contribution in [0, 0.1) is 0 Å². The van der Waals surface area contributed by atoms with E-state index in [0.29, 0.717) is 10.9 Å². The number of thiocarbonyl (C=S) groups is 1. The first-order chi connectivity index (χ1) is 12.2. The number of aromatic nitrogens is 1. The summed E-state index contributed by atoms with van der Waals surface area (Å²) in [7, 11) is 3.27. The lowest BCUT2D eigenvalue weighted by Gasteiger charge is -2.36. The molecule has 1 N–H and O–H groups in total. The second kappa shape index (κ2) is 8.02. The molecule has 25 heavy (non-hydrogen) atoms. The van der Waals surface area contributed by atoms with Crippen LogP contribution in [-0.4, -0.2) is 55.4 Å². The fourth-order valence-corrected chi connectivity index (χ4v) is 3.07. The van der Waals surface area contributed by atoms with Gasteiger partial charge < -0.3 is 24.6 Å². The van der Waals surface area contributed by atoms with Gasteiger partial charge in [-0.3, -0.25) is 0 Å². The fraction of sp³-hybridized carbons (Fsp3) is 0.333. The van der Waals surface area contributed by atoms with Crippen LogP contribution in [0.15, 0.2) is 42.6 Å². The van der Waals surface area contributed by atoms with Gasteiger partial charge in [0.05, 0.1) is 19.9 Å². The maximum absolute atomic E-state index is 5.57. The van der Waals surface area contributed by atoms with Crippen molar-refractivity contribution < 1.29 is 9.47 Å². The number of benzene rings is 1. The summed E-state index contributed by atoms with van der Waals surface area (Å²) in [5, 5.41) is 3.98. The van der Waals surface area contributed by atoms with Crippen molar-refractivity contribution in [1.82, 2.24) is 9.88 Å². The molecule has 3 rings (SSSR count). The van der Waals surface area contributed by atoms with Gasteiger partial charge >= 0.3 is 0 Å². The van der Waals surface area contributed by atoms with E-state index >= 15 is 0 Å². The summed E-state index contributed by atoms with van der Waals surface area (Å²) in [6.07, 6.45) is 1.82. The van der Waals surface area contributed by atoms with E-state index in [1.54, 1.807) is 14.2 Å². The van der Waals surface area contributed by atoms with Crippen molar-refractivity contribution >= 4 is 28.8 Å². The van der Waals surface area contributed by atoms with E-state index in [2.05, 4.69) is 20.1 Å². The highest BCUT2D eigenvalue weighted by atomic mass is 32.1.